The van der Waals surface area contributed by atoms with Crippen LogP contribution in [0.2, 0.25) is 0 Å². The van der Waals surface area contributed by atoms with Gasteiger partial charge in [0.05, 0.1) is 17.3 Å². The van der Waals surface area contributed by atoms with Crippen LogP contribution in [0.1, 0.15) is 46.7 Å². The Morgan fingerprint density at radius 2 is 1.76 bits per heavy atom. The van der Waals surface area contributed by atoms with E-state index in [0.29, 0.717) is 37.0 Å². The van der Waals surface area contributed by atoms with Gasteiger partial charge in [-0.2, -0.15) is 0 Å². The van der Waals surface area contributed by atoms with Crippen molar-refractivity contribution in [1.29, 1.82) is 0 Å². The number of ether oxygens (including phenoxy) is 1. The van der Waals surface area contributed by atoms with E-state index in [4.69, 9.17) is 15.0 Å². The number of nitrogens with one attached hydrogen (secondary N) is 1. The van der Waals surface area contributed by atoms with Gasteiger partial charge in [-0.05, 0) is 57.7 Å². The van der Waals surface area contributed by atoms with Gasteiger partial charge in [-0.3, -0.25) is 10.1 Å². The summed E-state index contributed by atoms with van der Waals surface area (Å²) in [7, 11) is 0. The molecule has 1 fully saturated rings. The van der Waals surface area contributed by atoms with E-state index in [1.807, 2.05) is 65.8 Å². The maximum atomic E-state index is 12.5. The number of nitrogens with two attached hydrogens (primary N) is 1. The second-order valence-electron chi connectivity index (χ2n) is 10.2. The predicted octanol–water partition coefficient (Wildman–Crippen LogP) is 4.02. The summed E-state index contributed by atoms with van der Waals surface area (Å²) in [6.45, 7) is 14.2. The van der Waals surface area contributed by atoms with Crippen LogP contribution in [0.3, 0.4) is 0 Å². The van der Waals surface area contributed by atoms with Gasteiger partial charge in [0, 0.05) is 31.9 Å². The van der Waals surface area contributed by atoms with Crippen LogP contribution < -0.4 is 16.0 Å². The lowest BCUT2D eigenvalue weighted by molar-refractivity contribution is -0.117. The zero-order chi connectivity index (χ0) is 25.0. The van der Waals surface area contributed by atoms with E-state index in [0.717, 1.165) is 29.9 Å². The number of hydrogen-bond acceptors (Lipinski definition) is 7. The molecule has 1 aliphatic heterocycles. The highest BCUT2D eigenvalue weighted by molar-refractivity contribution is 5.97. The first-order valence-electron chi connectivity index (χ1n) is 11.8. The molecule has 0 aliphatic carbocycles. The van der Waals surface area contributed by atoms with Crippen molar-refractivity contribution in [3.8, 4) is 11.1 Å². The molecule has 3 rings (SSSR count). The van der Waals surface area contributed by atoms with Crippen molar-refractivity contribution in [1.82, 2.24) is 10.1 Å². The van der Waals surface area contributed by atoms with Crippen LogP contribution in [0.15, 0.2) is 28.8 Å². The fraction of sp³-hybridized carbons (Fsp3) is 0.560. The molecule has 1 saturated heterocycles. The van der Waals surface area contributed by atoms with Crippen LogP contribution in [-0.4, -0.2) is 59.9 Å². The summed E-state index contributed by atoms with van der Waals surface area (Å²) in [6, 6.07) is 7.42. The summed E-state index contributed by atoms with van der Waals surface area (Å²) < 4.78 is 10.9. The summed E-state index contributed by atoms with van der Waals surface area (Å²) in [5.74, 6) is 0.334. The first-order valence-corrected chi connectivity index (χ1v) is 11.8. The zero-order valence-electron chi connectivity index (χ0n) is 21.1. The van der Waals surface area contributed by atoms with E-state index in [1.54, 1.807) is 4.90 Å². The smallest absolute Gasteiger partial charge is 0.410 e. The Morgan fingerprint density at radius 1 is 1.15 bits per heavy atom. The molecule has 3 N–H and O–H groups in total. The normalized spacial score (nSPS) is 15.4. The van der Waals surface area contributed by atoms with Gasteiger partial charge in [-0.1, -0.05) is 31.1 Å². The van der Waals surface area contributed by atoms with Crippen LogP contribution in [0, 0.1) is 12.8 Å². The molecule has 1 atom stereocenters. The van der Waals surface area contributed by atoms with Crippen LogP contribution in [0.4, 0.5) is 16.4 Å². The fourth-order valence-corrected chi connectivity index (χ4v) is 3.93. The SMILES string of the molecule is Cc1noc(NC(=O)[C@@H](N)CC(C)C)c1-c1ccc(N2CCN(C(=O)OC(C)(C)C)CC2)cc1. The maximum Gasteiger partial charge on any atom is 0.410 e. The molecule has 2 heterocycles. The van der Waals surface area contributed by atoms with E-state index in [2.05, 4.69) is 15.4 Å². The van der Waals surface area contributed by atoms with Crippen molar-refractivity contribution < 1.29 is 18.8 Å². The average Bonchev–Trinajstić information content (AvgIpc) is 3.12. The van der Waals surface area contributed by atoms with Gasteiger partial charge in [0.2, 0.25) is 11.8 Å². The summed E-state index contributed by atoms with van der Waals surface area (Å²) in [4.78, 5) is 28.8. The van der Waals surface area contributed by atoms with Gasteiger partial charge in [0.15, 0.2) is 0 Å². The van der Waals surface area contributed by atoms with Gasteiger partial charge in [0.1, 0.15) is 5.60 Å². The molecule has 0 bridgehead atoms. The summed E-state index contributed by atoms with van der Waals surface area (Å²) in [5, 5.41) is 6.83. The molecular weight excluding hydrogens is 434 g/mol. The number of nitrogens with zero attached hydrogens (tertiary/aromatic N) is 3. The third-order valence-corrected chi connectivity index (χ3v) is 5.61. The highest BCUT2D eigenvalue weighted by atomic mass is 16.6. The van der Waals surface area contributed by atoms with Crippen LogP contribution in [-0.2, 0) is 9.53 Å². The molecule has 2 aromatic rings. The summed E-state index contributed by atoms with van der Waals surface area (Å²) >= 11 is 0. The minimum Gasteiger partial charge on any atom is -0.444 e. The Kier molecular flexibility index (Phi) is 7.86. The third-order valence-electron chi connectivity index (χ3n) is 5.61. The van der Waals surface area contributed by atoms with E-state index >= 15 is 0 Å². The van der Waals surface area contributed by atoms with Crippen molar-refractivity contribution in [2.75, 3.05) is 36.4 Å². The molecule has 0 unspecified atom stereocenters. The quantitative estimate of drug-likeness (QED) is 0.654. The van der Waals surface area contributed by atoms with E-state index in [-0.39, 0.29) is 12.0 Å². The Hall–Kier alpha value is -3.07. The monoisotopic (exact) mass is 471 g/mol. The molecule has 1 aromatic heterocycles. The van der Waals surface area contributed by atoms with Crippen molar-refractivity contribution in [2.24, 2.45) is 11.7 Å². The first kappa shape index (κ1) is 25.6. The number of aryl methyl sites for hydroxylation is 1. The summed E-state index contributed by atoms with van der Waals surface area (Å²) in [5.41, 5.74) is 8.89. The number of anilines is 2. The number of aromatic nitrogens is 1. The molecule has 9 heteroatoms. The lowest BCUT2D eigenvalue weighted by atomic mass is 10.0. The molecule has 186 valence electrons. The van der Waals surface area contributed by atoms with Crippen LogP contribution >= 0.6 is 0 Å². The van der Waals surface area contributed by atoms with Crippen molar-refractivity contribution in [3.05, 3.63) is 30.0 Å². The van der Waals surface area contributed by atoms with Crippen molar-refractivity contribution >= 4 is 23.6 Å². The number of carbonyl (C=O) groups excluding carboxylic acids is 2. The van der Waals surface area contributed by atoms with E-state index in [9.17, 15) is 9.59 Å². The number of benzene rings is 1. The minimum atomic E-state index is -0.611. The van der Waals surface area contributed by atoms with Gasteiger partial charge < -0.3 is 24.8 Å². The molecule has 0 saturated carbocycles. The maximum absolute atomic E-state index is 12.5. The van der Waals surface area contributed by atoms with Crippen molar-refractivity contribution in [2.45, 2.75) is 59.6 Å². The molecule has 0 spiro atoms. The topological polar surface area (TPSA) is 114 Å². The lowest BCUT2D eigenvalue weighted by Crippen LogP contribution is -2.50. The summed E-state index contributed by atoms with van der Waals surface area (Å²) in [6.07, 6.45) is 0.317. The zero-order valence-corrected chi connectivity index (χ0v) is 21.1. The van der Waals surface area contributed by atoms with E-state index < -0.39 is 11.6 Å². The van der Waals surface area contributed by atoms with Gasteiger partial charge in [-0.25, -0.2) is 4.79 Å². The molecule has 34 heavy (non-hydrogen) atoms. The predicted molar refractivity (Wildman–Crippen MR) is 133 cm³/mol. The minimum absolute atomic E-state index is 0.270. The molecule has 0 radical (unpaired) electrons. The number of rotatable bonds is 6. The second-order valence-corrected chi connectivity index (χ2v) is 10.2. The van der Waals surface area contributed by atoms with E-state index in [1.165, 1.54) is 0 Å². The molecule has 1 aromatic carbocycles. The lowest BCUT2D eigenvalue weighted by Gasteiger charge is -2.36. The number of hydrogen-bond donors (Lipinski definition) is 2. The average molecular weight is 472 g/mol. The highest BCUT2D eigenvalue weighted by Crippen LogP contribution is 2.33. The Balaban J connectivity index is 1.65. The highest BCUT2D eigenvalue weighted by Gasteiger charge is 2.26. The molecule has 2 amide bonds. The van der Waals surface area contributed by atoms with Gasteiger partial charge in [-0.15, -0.1) is 0 Å². The fourth-order valence-electron chi connectivity index (χ4n) is 3.93. The molecular formula is C25H37N5O4. The largest absolute Gasteiger partial charge is 0.444 e. The van der Waals surface area contributed by atoms with Crippen molar-refractivity contribution in [3.63, 3.8) is 0 Å². The third kappa shape index (κ3) is 6.50. The van der Waals surface area contributed by atoms with Gasteiger partial charge in [0.25, 0.3) is 0 Å². The second kappa shape index (κ2) is 10.5. The standard InChI is InChI=1S/C25H37N5O4/c1-16(2)15-20(26)22(31)27-23-21(17(3)28-34-23)18-7-9-19(10-8-18)29-11-13-30(14-12-29)24(32)33-25(4,5)6/h7-10,16,20H,11-15,26H2,1-6H3,(H,27,31)/t20-/m0/s1. The number of carbonyl (C=O) groups is 2. The Labute approximate surface area is 201 Å². The van der Waals surface area contributed by atoms with Crippen LogP contribution in [0.25, 0.3) is 11.1 Å². The first-order chi connectivity index (χ1) is 15.9. The Morgan fingerprint density at radius 3 is 2.32 bits per heavy atom. The number of amides is 2. The van der Waals surface area contributed by atoms with Crippen LogP contribution in [0.5, 0.6) is 0 Å². The Bertz CT molecular complexity index is 986. The molecule has 1 aliphatic rings. The molecule has 9 nitrogen and oxygen atoms in total. The van der Waals surface area contributed by atoms with Gasteiger partial charge >= 0.3 is 6.09 Å². The number of piperazine rings is 1.